The molecule has 0 saturated heterocycles. The Morgan fingerprint density at radius 2 is 2.33 bits per heavy atom. The summed E-state index contributed by atoms with van der Waals surface area (Å²) in [6.07, 6.45) is 1.04. The van der Waals surface area contributed by atoms with E-state index in [0.717, 1.165) is 12.0 Å². The van der Waals surface area contributed by atoms with E-state index in [1.54, 1.807) is 0 Å². The fraction of sp³-hybridized carbons (Fsp3) is 0.231. The molecule has 0 radical (unpaired) electrons. The van der Waals surface area contributed by atoms with Crippen LogP contribution in [-0.2, 0) is 6.42 Å². The quantitative estimate of drug-likeness (QED) is 0.900. The van der Waals surface area contributed by atoms with Crippen LogP contribution in [0, 0.1) is 0 Å². The van der Waals surface area contributed by atoms with Gasteiger partial charge in [-0.15, -0.1) is 11.8 Å². The molecule has 1 unspecified atom stereocenters. The Morgan fingerprint density at radius 1 is 1.50 bits per heavy atom. The SMILES string of the molecule is CC1Cc2cc(-c3cc(C(=O)O)no3)ccc2S1. The highest BCUT2D eigenvalue weighted by Gasteiger charge is 2.20. The van der Waals surface area contributed by atoms with Crippen LogP contribution in [0.25, 0.3) is 11.3 Å². The van der Waals surface area contributed by atoms with Gasteiger partial charge in [0, 0.05) is 21.8 Å². The maximum atomic E-state index is 10.7. The van der Waals surface area contributed by atoms with Crippen LogP contribution < -0.4 is 0 Å². The number of hydrogen-bond acceptors (Lipinski definition) is 4. The maximum absolute atomic E-state index is 10.7. The van der Waals surface area contributed by atoms with Gasteiger partial charge in [0.1, 0.15) is 0 Å². The van der Waals surface area contributed by atoms with Gasteiger partial charge in [0.15, 0.2) is 11.5 Å². The van der Waals surface area contributed by atoms with Crippen molar-refractivity contribution in [2.45, 2.75) is 23.5 Å². The maximum Gasteiger partial charge on any atom is 0.358 e. The summed E-state index contributed by atoms with van der Waals surface area (Å²) in [6.45, 7) is 2.20. The number of benzene rings is 1. The molecule has 0 fully saturated rings. The molecular formula is C13H11NO3S. The molecule has 0 saturated carbocycles. The number of nitrogens with zero attached hydrogens (tertiary/aromatic N) is 1. The van der Waals surface area contributed by atoms with Crippen LogP contribution in [-0.4, -0.2) is 21.5 Å². The van der Waals surface area contributed by atoms with Crippen LogP contribution in [0.4, 0.5) is 0 Å². The van der Waals surface area contributed by atoms with E-state index in [9.17, 15) is 4.79 Å². The molecule has 1 N–H and O–H groups in total. The summed E-state index contributed by atoms with van der Waals surface area (Å²) in [5.74, 6) is -0.574. The first-order chi connectivity index (χ1) is 8.63. The van der Waals surface area contributed by atoms with Crippen molar-refractivity contribution in [3.05, 3.63) is 35.5 Å². The first-order valence-electron chi connectivity index (χ1n) is 5.63. The summed E-state index contributed by atoms with van der Waals surface area (Å²) in [7, 11) is 0. The van der Waals surface area contributed by atoms with E-state index in [0.29, 0.717) is 11.0 Å². The predicted molar refractivity (Wildman–Crippen MR) is 67.9 cm³/mol. The number of hydrogen-bond donors (Lipinski definition) is 1. The van der Waals surface area contributed by atoms with Crippen molar-refractivity contribution < 1.29 is 14.4 Å². The molecule has 0 bridgehead atoms. The van der Waals surface area contributed by atoms with E-state index in [1.165, 1.54) is 16.5 Å². The average Bonchev–Trinajstić information content (AvgIpc) is 2.91. The molecule has 1 aromatic carbocycles. The lowest BCUT2D eigenvalue weighted by atomic mass is 10.1. The number of rotatable bonds is 2. The summed E-state index contributed by atoms with van der Waals surface area (Å²) in [4.78, 5) is 12.0. The van der Waals surface area contributed by atoms with E-state index in [2.05, 4.69) is 24.2 Å². The molecule has 3 rings (SSSR count). The molecule has 2 aromatic rings. The van der Waals surface area contributed by atoms with Crippen LogP contribution in [0.15, 0.2) is 33.7 Å². The Hall–Kier alpha value is -1.75. The largest absolute Gasteiger partial charge is 0.476 e. The molecule has 18 heavy (non-hydrogen) atoms. The second-order valence-corrected chi connectivity index (χ2v) is 5.82. The smallest absolute Gasteiger partial charge is 0.358 e. The van der Waals surface area contributed by atoms with Crippen LogP contribution in [0.2, 0.25) is 0 Å². The van der Waals surface area contributed by atoms with E-state index in [1.807, 2.05) is 17.8 Å². The zero-order chi connectivity index (χ0) is 12.7. The molecule has 1 aromatic heterocycles. The summed E-state index contributed by atoms with van der Waals surface area (Å²) in [5.41, 5.74) is 2.11. The Balaban J connectivity index is 1.97. The minimum absolute atomic E-state index is 0.0618. The lowest BCUT2D eigenvalue weighted by Gasteiger charge is -2.00. The Kier molecular flexibility index (Phi) is 2.63. The van der Waals surface area contributed by atoms with Crippen molar-refractivity contribution in [2.75, 3.05) is 0 Å². The minimum Gasteiger partial charge on any atom is -0.476 e. The summed E-state index contributed by atoms with van der Waals surface area (Å²) in [5, 5.41) is 12.9. The Labute approximate surface area is 108 Å². The first kappa shape index (κ1) is 11.3. The zero-order valence-corrected chi connectivity index (χ0v) is 10.5. The van der Waals surface area contributed by atoms with Crippen LogP contribution in [0.3, 0.4) is 0 Å². The number of thioether (sulfide) groups is 1. The zero-order valence-electron chi connectivity index (χ0n) is 9.71. The van der Waals surface area contributed by atoms with Crippen molar-refractivity contribution in [1.29, 1.82) is 0 Å². The molecule has 2 heterocycles. The highest BCUT2D eigenvalue weighted by atomic mass is 32.2. The molecule has 0 aliphatic carbocycles. The second-order valence-electron chi connectivity index (χ2n) is 4.34. The monoisotopic (exact) mass is 261 g/mol. The summed E-state index contributed by atoms with van der Waals surface area (Å²) in [6, 6.07) is 7.51. The minimum atomic E-state index is -1.07. The highest BCUT2D eigenvalue weighted by Crippen LogP contribution is 2.38. The van der Waals surface area contributed by atoms with Gasteiger partial charge >= 0.3 is 5.97 Å². The van der Waals surface area contributed by atoms with Crippen molar-refractivity contribution in [1.82, 2.24) is 5.16 Å². The van der Waals surface area contributed by atoms with Crippen molar-refractivity contribution in [3.63, 3.8) is 0 Å². The fourth-order valence-corrected chi connectivity index (χ4v) is 3.22. The topological polar surface area (TPSA) is 63.3 Å². The van der Waals surface area contributed by atoms with E-state index < -0.39 is 5.97 Å². The molecule has 1 atom stereocenters. The van der Waals surface area contributed by atoms with Crippen molar-refractivity contribution >= 4 is 17.7 Å². The third-order valence-electron chi connectivity index (χ3n) is 2.91. The molecule has 92 valence electrons. The lowest BCUT2D eigenvalue weighted by molar-refractivity contribution is 0.0686. The van der Waals surface area contributed by atoms with Gasteiger partial charge in [-0.2, -0.15) is 0 Å². The van der Waals surface area contributed by atoms with Gasteiger partial charge in [0.25, 0.3) is 0 Å². The molecule has 0 amide bonds. The van der Waals surface area contributed by atoms with Gasteiger partial charge in [-0.05, 0) is 24.1 Å². The Bertz CT molecular complexity index is 620. The van der Waals surface area contributed by atoms with Gasteiger partial charge < -0.3 is 9.63 Å². The predicted octanol–water partition coefficient (Wildman–Crippen LogP) is 3.08. The van der Waals surface area contributed by atoms with Gasteiger partial charge in [-0.25, -0.2) is 4.79 Å². The molecule has 0 spiro atoms. The molecular weight excluding hydrogens is 250 g/mol. The number of fused-ring (bicyclic) bond motifs is 1. The summed E-state index contributed by atoms with van der Waals surface area (Å²) < 4.78 is 5.06. The lowest BCUT2D eigenvalue weighted by Crippen LogP contribution is -1.94. The average molecular weight is 261 g/mol. The van der Waals surface area contributed by atoms with Gasteiger partial charge in [0.05, 0.1) is 0 Å². The van der Waals surface area contributed by atoms with E-state index >= 15 is 0 Å². The third kappa shape index (κ3) is 1.90. The normalized spacial score (nSPS) is 17.7. The molecule has 5 heteroatoms. The standard InChI is InChI=1S/C13H11NO3S/c1-7-4-9-5-8(2-3-12(9)18-7)11-6-10(13(15)16)14-17-11/h2-3,5-7H,4H2,1H3,(H,15,16). The first-order valence-corrected chi connectivity index (χ1v) is 6.51. The number of aromatic nitrogens is 1. The summed E-state index contributed by atoms with van der Waals surface area (Å²) >= 11 is 1.86. The molecule has 1 aliphatic heterocycles. The van der Waals surface area contributed by atoms with Gasteiger partial charge in [0.2, 0.25) is 0 Å². The number of carboxylic acid groups (broad SMARTS) is 1. The van der Waals surface area contributed by atoms with Gasteiger partial charge in [-0.3, -0.25) is 0 Å². The fourth-order valence-electron chi connectivity index (χ4n) is 2.09. The van der Waals surface area contributed by atoms with Crippen molar-refractivity contribution in [2.24, 2.45) is 0 Å². The Morgan fingerprint density at radius 3 is 3.06 bits per heavy atom. The number of carboxylic acids is 1. The highest BCUT2D eigenvalue weighted by molar-refractivity contribution is 8.00. The number of carbonyl (C=O) groups is 1. The van der Waals surface area contributed by atoms with E-state index in [4.69, 9.17) is 9.63 Å². The van der Waals surface area contributed by atoms with Gasteiger partial charge in [-0.1, -0.05) is 18.1 Å². The second kappa shape index (κ2) is 4.17. The van der Waals surface area contributed by atoms with E-state index in [-0.39, 0.29) is 5.69 Å². The van der Waals surface area contributed by atoms with Crippen molar-refractivity contribution in [3.8, 4) is 11.3 Å². The number of aromatic carboxylic acids is 1. The molecule has 4 nitrogen and oxygen atoms in total. The third-order valence-corrected chi connectivity index (χ3v) is 4.13. The van der Waals surface area contributed by atoms with Crippen LogP contribution in [0.5, 0.6) is 0 Å². The van der Waals surface area contributed by atoms with Crippen LogP contribution in [0.1, 0.15) is 23.0 Å². The molecule has 1 aliphatic rings. The van der Waals surface area contributed by atoms with Crippen LogP contribution >= 0.6 is 11.8 Å².